The maximum atomic E-state index is 11.8. The molecule has 1 aliphatic rings. The Balaban J connectivity index is 1.93. The van der Waals surface area contributed by atoms with Gasteiger partial charge in [0.2, 0.25) is 5.91 Å². The lowest BCUT2D eigenvalue weighted by Gasteiger charge is -2.13. The normalized spacial score (nSPS) is 16.9. The average Bonchev–Trinajstić information content (AvgIpc) is 3.08. The van der Waals surface area contributed by atoms with Gasteiger partial charge in [-0.05, 0) is 24.5 Å². The van der Waals surface area contributed by atoms with Gasteiger partial charge in [-0.15, -0.1) is 0 Å². The number of halogens is 1. The quantitative estimate of drug-likeness (QED) is 0.885. The predicted molar refractivity (Wildman–Crippen MR) is 66.7 cm³/mol. The van der Waals surface area contributed by atoms with Crippen molar-refractivity contribution in [2.24, 2.45) is 11.1 Å². The van der Waals surface area contributed by atoms with Gasteiger partial charge in [0.25, 0.3) is 0 Å². The fourth-order valence-electron chi connectivity index (χ4n) is 1.68. The van der Waals surface area contributed by atoms with Crippen LogP contribution in [0, 0.1) is 5.41 Å². The van der Waals surface area contributed by atoms with Crippen LogP contribution in [0.15, 0.2) is 28.7 Å². The van der Waals surface area contributed by atoms with Crippen molar-refractivity contribution >= 4 is 21.8 Å². The first-order chi connectivity index (χ1) is 7.68. The van der Waals surface area contributed by atoms with Crippen LogP contribution < -0.4 is 11.1 Å². The molecule has 0 spiro atoms. The maximum Gasteiger partial charge on any atom is 0.227 e. The number of hydrogen-bond donors (Lipinski definition) is 2. The van der Waals surface area contributed by atoms with E-state index in [1.54, 1.807) is 0 Å². The standard InChI is InChI=1S/C12H15BrN2O/c13-10-4-2-1-3-9(10)7-15-11(16)12(8-14)5-6-12/h1-4H,5-8,14H2,(H,15,16). The summed E-state index contributed by atoms with van der Waals surface area (Å²) in [6.07, 6.45) is 1.84. The first-order valence-electron chi connectivity index (χ1n) is 5.40. The van der Waals surface area contributed by atoms with Crippen molar-refractivity contribution in [3.05, 3.63) is 34.3 Å². The topological polar surface area (TPSA) is 55.1 Å². The molecule has 1 aliphatic carbocycles. The first kappa shape index (κ1) is 11.6. The SMILES string of the molecule is NCC1(C(=O)NCc2ccccc2Br)CC1. The Morgan fingerprint density at radius 1 is 1.44 bits per heavy atom. The molecule has 86 valence electrons. The summed E-state index contributed by atoms with van der Waals surface area (Å²) in [7, 11) is 0. The van der Waals surface area contributed by atoms with Crippen LogP contribution >= 0.6 is 15.9 Å². The van der Waals surface area contributed by atoms with Crippen LogP contribution in [0.1, 0.15) is 18.4 Å². The Morgan fingerprint density at radius 3 is 2.69 bits per heavy atom. The van der Waals surface area contributed by atoms with E-state index in [1.807, 2.05) is 24.3 Å². The zero-order valence-electron chi connectivity index (χ0n) is 9.00. The van der Waals surface area contributed by atoms with Crippen molar-refractivity contribution in [2.45, 2.75) is 19.4 Å². The Hall–Kier alpha value is -0.870. The second-order valence-corrected chi connectivity index (χ2v) is 5.11. The Labute approximate surface area is 104 Å². The van der Waals surface area contributed by atoms with Crippen LogP contribution in [0.2, 0.25) is 0 Å². The Morgan fingerprint density at radius 2 is 2.12 bits per heavy atom. The summed E-state index contributed by atoms with van der Waals surface area (Å²) in [6, 6.07) is 7.88. The molecule has 2 rings (SSSR count). The highest BCUT2D eigenvalue weighted by molar-refractivity contribution is 9.10. The van der Waals surface area contributed by atoms with Crippen LogP contribution in [0.3, 0.4) is 0 Å². The number of nitrogens with two attached hydrogens (primary N) is 1. The number of carbonyl (C=O) groups excluding carboxylic acids is 1. The second-order valence-electron chi connectivity index (χ2n) is 4.26. The third kappa shape index (κ3) is 2.28. The molecular formula is C12H15BrN2O. The molecule has 1 fully saturated rings. The molecule has 4 heteroatoms. The number of nitrogens with one attached hydrogen (secondary N) is 1. The molecule has 3 nitrogen and oxygen atoms in total. The Bertz CT molecular complexity index is 402. The lowest BCUT2D eigenvalue weighted by atomic mass is 10.1. The van der Waals surface area contributed by atoms with E-state index in [0.29, 0.717) is 13.1 Å². The lowest BCUT2D eigenvalue weighted by Crippen LogP contribution is -2.36. The molecule has 0 aliphatic heterocycles. The third-order valence-corrected chi connectivity index (χ3v) is 3.90. The number of carbonyl (C=O) groups is 1. The average molecular weight is 283 g/mol. The van der Waals surface area contributed by atoms with Gasteiger partial charge < -0.3 is 11.1 Å². The van der Waals surface area contributed by atoms with E-state index < -0.39 is 0 Å². The zero-order chi connectivity index (χ0) is 11.6. The first-order valence-corrected chi connectivity index (χ1v) is 6.19. The minimum absolute atomic E-state index is 0.0887. The van der Waals surface area contributed by atoms with Gasteiger partial charge in [-0.1, -0.05) is 34.1 Å². The van der Waals surface area contributed by atoms with Crippen molar-refractivity contribution in [2.75, 3.05) is 6.54 Å². The number of benzene rings is 1. The predicted octanol–water partition coefficient (Wildman–Crippen LogP) is 1.80. The summed E-state index contributed by atoms with van der Waals surface area (Å²) in [5, 5.41) is 2.94. The van der Waals surface area contributed by atoms with Crippen molar-refractivity contribution in [3.63, 3.8) is 0 Å². The van der Waals surface area contributed by atoms with E-state index in [0.717, 1.165) is 22.9 Å². The molecule has 0 heterocycles. The molecule has 1 aromatic rings. The molecule has 0 saturated heterocycles. The van der Waals surface area contributed by atoms with Gasteiger partial charge in [0.15, 0.2) is 0 Å². The van der Waals surface area contributed by atoms with E-state index in [4.69, 9.17) is 5.73 Å². The second kappa shape index (κ2) is 4.55. The maximum absolute atomic E-state index is 11.8. The number of rotatable bonds is 4. The molecule has 1 amide bonds. The molecule has 1 aromatic carbocycles. The largest absolute Gasteiger partial charge is 0.351 e. The number of amides is 1. The fraction of sp³-hybridized carbons (Fsp3) is 0.417. The summed E-state index contributed by atoms with van der Waals surface area (Å²) < 4.78 is 1.02. The summed E-state index contributed by atoms with van der Waals surface area (Å²) in [6.45, 7) is 1.01. The monoisotopic (exact) mass is 282 g/mol. The molecule has 0 bridgehead atoms. The van der Waals surface area contributed by atoms with Crippen molar-refractivity contribution < 1.29 is 4.79 Å². The van der Waals surface area contributed by atoms with Gasteiger partial charge in [0.05, 0.1) is 5.41 Å². The van der Waals surface area contributed by atoms with Gasteiger partial charge in [-0.2, -0.15) is 0 Å². The summed E-state index contributed by atoms with van der Waals surface area (Å²) in [4.78, 5) is 11.8. The van der Waals surface area contributed by atoms with Crippen LogP contribution in [0.25, 0.3) is 0 Å². The highest BCUT2D eigenvalue weighted by Crippen LogP contribution is 2.44. The van der Waals surface area contributed by atoms with E-state index in [-0.39, 0.29) is 11.3 Å². The summed E-state index contributed by atoms with van der Waals surface area (Å²) in [5.74, 6) is 0.0887. The Kier molecular flexibility index (Phi) is 3.30. The van der Waals surface area contributed by atoms with E-state index in [9.17, 15) is 4.79 Å². The summed E-state index contributed by atoms with van der Waals surface area (Å²) in [5.41, 5.74) is 6.42. The third-order valence-electron chi connectivity index (χ3n) is 3.12. The van der Waals surface area contributed by atoms with Crippen LogP contribution in [0.5, 0.6) is 0 Å². The fourth-order valence-corrected chi connectivity index (χ4v) is 2.10. The highest BCUT2D eigenvalue weighted by Gasteiger charge is 2.48. The summed E-state index contributed by atoms with van der Waals surface area (Å²) >= 11 is 3.45. The van der Waals surface area contributed by atoms with Gasteiger partial charge >= 0.3 is 0 Å². The minimum Gasteiger partial charge on any atom is -0.351 e. The van der Waals surface area contributed by atoms with Gasteiger partial charge in [-0.3, -0.25) is 4.79 Å². The number of hydrogen-bond acceptors (Lipinski definition) is 2. The zero-order valence-corrected chi connectivity index (χ0v) is 10.6. The highest BCUT2D eigenvalue weighted by atomic mass is 79.9. The molecule has 3 N–H and O–H groups in total. The molecule has 0 radical (unpaired) electrons. The van der Waals surface area contributed by atoms with Crippen molar-refractivity contribution in [1.82, 2.24) is 5.32 Å². The molecule has 1 saturated carbocycles. The minimum atomic E-state index is -0.263. The van der Waals surface area contributed by atoms with Gasteiger partial charge in [-0.25, -0.2) is 0 Å². The van der Waals surface area contributed by atoms with Crippen LogP contribution in [0.4, 0.5) is 0 Å². The smallest absolute Gasteiger partial charge is 0.227 e. The molecule has 16 heavy (non-hydrogen) atoms. The van der Waals surface area contributed by atoms with Gasteiger partial charge in [0, 0.05) is 17.6 Å². The molecule has 0 unspecified atom stereocenters. The van der Waals surface area contributed by atoms with E-state index in [1.165, 1.54) is 0 Å². The van der Waals surface area contributed by atoms with Crippen molar-refractivity contribution in [1.29, 1.82) is 0 Å². The molecule has 0 atom stereocenters. The molecule has 0 aromatic heterocycles. The lowest BCUT2D eigenvalue weighted by molar-refractivity contribution is -0.126. The van der Waals surface area contributed by atoms with Crippen molar-refractivity contribution in [3.8, 4) is 0 Å². The van der Waals surface area contributed by atoms with E-state index >= 15 is 0 Å². The molecular weight excluding hydrogens is 268 g/mol. The van der Waals surface area contributed by atoms with Crippen LogP contribution in [-0.4, -0.2) is 12.5 Å². The van der Waals surface area contributed by atoms with Crippen LogP contribution in [-0.2, 0) is 11.3 Å². The van der Waals surface area contributed by atoms with Gasteiger partial charge in [0.1, 0.15) is 0 Å². The van der Waals surface area contributed by atoms with E-state index in [2.05, 4.69) is 21.2 Å².